The molecule has 3 aromatic rings. The summed E-state index contributed by atoms with van der Waals surface area (Å²) < 4.78 is 7.99. The van der Waals surface area contributed by atoms with Crippen LogP contribution in [0.4, 0.5) is 5.95 Å². The molecule has 0 amide bonds. The summed E-state index contributed by atoms with van der Waals surface area (Å²) in [5.74, 6) is 0.696. The number of fused-ring (bicyclic) bond motifs is 2. The standard InChI is InChI=1S/C24H30N6O/c1-17-21(18(2)29(3)28-17)13-30-10-9-24(15-30)16-31-14-20-12-26-23(27-22(20)24)25-11-19-7-5-4-6-8-19/h4-8,12H,9-11,13-16H2,1-3H3,(H,25,26,27). The van der Waals surface area contributed by atoms with Crippen LogP contribution >= 0.6 is 0 Å². The zero-order chi connectivity index (χ0) is 21.4. The number of hydrogen-bond donors (Lipinski definition) is 1. The zero-order valence-corrected chi connectivity index (χ0v) is 18.6. The number of rotatable bonds is 5. The average molecular weight is 419 g/mol. The molecular weight excluding hydrogens is 388 g/mol. The summed E-state index contributed by atoms with van der Waals surface area (Å²) in [5, 5.41) is 7.98. The molecular formula is C24H30N6O. The van der Waals surface area contributed by atoms with Crippen molar-refractivity contribution in [1.82, 2.24) is 24.6 Å². The predicted molar refractivity (Wildman–Crippen MR) is 120 cm³/mol. The Balaban J connectivity index is 1.35. The van der Waals surface area contributed by atoms with E-state index in [1.807, 2.05) is 24.0 Å². The van der Waals surface area contributed by atoms with Gasteiger partial charge in [-0.25, -0.2) is 9.97 Å². The van der Waals surface area contributed by atoms with E-state index < -0.39 is 0 Å². The second-order valence-corrected chi connectivity index (χ2v) is 8.91. The lowest BCUT2D eigenvalue weighted by atomic mass is 9.80. The molecule has 2 aliphatic heterocycles. The molecule has 2 aliphatic rings. The van der Waals surface area contributed by atoms with Crippen molar-refractivity contribution < 1.29 is 4.74 Å². The van der Waals surface area contributed by atoms with Crippen LogP contribution in [0.3, 0.4) is 0 Å². The molecule has 0 aliphatic carbocycles. The van der Waals surface area contributed by atoms with E-state index in [0.717, 1.165) is 56.2 Å². The first kappa shape index (κ1) is 20.2. The zero-order valence-electron chi connectivity index (χ0n) is 18.6. The van der Waals surface area contributed by atoms with Gasteiger partial charge < -0.3 is 10.1 Å². The van der Waals surface area contributed by atoms with Crippen molar-refractivity contribution in [3.05, 3.63) is 70.3 Å². The molecule has 1 atom stereocenters. The third-order valence-corrected chi connectivity index (χ3v) is 6.77. The first-order chi connectivity index (χ1) is 15.0. The number of nitrogens with zero attached hydrogens (tertiary/aromatic N) is 5. The van der Waals surface area contributed by atoms with Crippen LogP contribution < -0.4 is 5.32 Å². The smallest absolute Gasteiger partial charge is 0.223 e. The van der Waals surface area contributed by atoms with E-state index in [1.54, 1.807) is 0 Å². The Morgan fingerprint density at radius 1 is 1.19 bits per heavy atom. The minimum atomic E-state index is -0.0658. The number of hydrogen-bond acceptors (Lipinski definition) is 6. The summed E-state index contributed by atoms with van der Waals surface area (Å²) in [4.78, 5) is 12.1. The molecule has 0 bridgehead atoms. The highest BCUT2D eigenvalue weighted by molar-refractivity contribution is 5.37. The second-order valence-electron chi connectivity index (χ2n) is 8.91. The molecule has 0 saturated carbocycles. The van der Waals surface area contributed by atoms with E-state index in [-0.39, 0.29) is 5.41 Å². The minimum Gasteiger partial charge on any atom is -0.376 e. The maximum atomic E-state index is 6.01. The molecule has 2 aromatic heterocycles. The number of likely N-dealkylation sites (tertiary alicyclic amines) is 1. The van der Waals surface area contributed by atoms with Gasteiger partial charge in [0.05, 0.1) is 30.0 Å². The molecule has 0 radical (unpaired) electrons. The number of aryl methyl sites for hydroxylation is 2. The highest BCUT2D eigenvalue weighted by atomic mass is 16.5. The van der Waals surface area contributed by atoms with Crippen molar-refractivity contribution in [2.75, 3.05) is 25.0 Å². The van der Waals surface area contributed by atoms with E-state index >= 15 is 0 Å². The lowest BCUT2D eigenvalue weighted by Gasteiger charge is -2.34. The van der Waals surface area contributed by atoms with Crippen molar-refractivity contribution in [3.63, 3.8) is 0 Å². The highest BCUT2D eigenvalue weighted by Gasteiger charge is 2.45. The number of anilines is 1. The molecule has 1 spiro atoms. The van der Waals surface area contributed by atoms with Crippen LogP contribution in [-0.2, 0) is 36.9 Å². The van der Waals surface area contributed by atoms with Crippen molar-refractivity contribution in [1.29, 1.82) is 0 Å². The summed E-state index contributed by atoms with van der Waals surface area (Å²) in [7, 11) is 2.02. The molecule has 7 nitrogen and oxygen atoms in total. The van der Waals surface area contributed by atoms with Gasteiger partial charge in [-0.3, -0.25) is 9.58 Å². The third-order valence-electron chi connectivity index (χ3n) is 6.77. The van der Waals surface area contributed by atoms with Gasteiger partial charge in [0.2, 0.25) is 5.95 Å². The van der Waals surface area contributed by atoms with Gasteiger partial charge in [-0.2, -0.15) is 5.10 Å². The van der Waals surface area contributed by atoms with Crippen LogP contribution in [0.2, 0.25) is 0 Å². The maximum Gasteiger partial charge on any atom is 0.223 e. The Morgan fingerprint density at radius 2 is 2.03 bits per heavy atom. The van der Waals surface area contributed by atoms with E-state index in [2.05, 4.69) is 58.4 Å². The van der Waals surface area contributed by atoms with Crippen molar-refractivity contribution >= 4 is 5.95 Å². The van der Waals surface area contributed by atoms with Gasteiger partial charge >= 0.3 is 0 Å². The van der Waals surface area contributed by atoms with Crippen molar-refractivity contribution in [2.45, 2.75) is 45.4 Å². The second kappa shape index (κ2) is 8.05. The summed E-state index contributed by atoms with van der Waals surface area (Å²) in [6.07, 6.45) is 2.99. The van der Waals surface area contributed by atoms with Crippen molar-refractivity contribution in [3.8, 4) is 0 Å². The number of ether oxygens (including phenoxy) is 1. The van der Waals surface area contributed by atoms with Crippen LogP contribution in [-0.4, -0.2) is 44.3 Å². The summed E-state index contributed by atoms with van der Waals surface area (Å²) >= 11 is 0. The first-order valence-electron chi connectivity index (χ1n) is 11.0. The number of aromatic nitrogens is 4. The van der Waals surface area contributed by atoms with Crippen LogP contribution in [0.5, 0.6) is 0 Å². The van der Waals surface area contributed by atoms with Gasteiger partial charge in [-0.15, -0.1) is 0 Å². The largest absolute Gasteiger partial charge is 0.376 e. The van der Waals surface area contributed by atoms with Crippen LogP contribution in [0, 0.1) is 13.8 Å². The molecule has 31 heavy (non-hydrogen) atoms. The predicted octanol–water partition coefficient (Wildman–Crippen LogP) is 3.11. The Bertz CT molecular complexity index is 1080. The minimum absolute atomic E-state index is 0.0658. The molecule has 1 fully saturated rings. The molecule has 1 unspecified atom stereocenters. The third kappa shape index (κ3) is 3.83. The lowest BCUT2D eigenvalue weighted by Crippen LogP contribution is -2.40. The van der Waals surface area contributed by atoms with E-state index in [4.69, 9.17) is 9.72 Å². The van der Waals surface area contributed by atoms with E-state index in [9.17, 15) is 0 Å². The Morgan fingerprint density at radius 3 is 2.81 bits per heavy atom. The van der Waals surface area contributed by atoms with Crippen LogP contribution in [0.25, 0.3) is 0 Å². The molecule has 162 valence electrons. The van der Waals surface area contributed by atoms with Gasteiger partial charge in [0, 0.05) is 49.7 Å². The normalized spacial score (nSPS) is 20.9. The van der Waals surface area contributed by atoms with Crippen LogP contribution in [0.15, 0.2) is 36.5 Å². The Kier molecular flexibility index (Phi) is 5.24. The highest BCUT2D eigenvalue weighted by Crippen LogP contribution is 2.40. The van der Waals surface area contributed by atoms with E-state index in [1.165, 1.54) is 16.8 Å². The molecule has 7 heteroatoms. The van der Waals surface area contributed by atoms with Gasteiger partial charge in [-0.05, 0) is 32.4 Å². The first-order valence-corrected chi connectivity index (χ1v) is 11.0. The van der Waals surface area contributed by atoms with Gasteiger partial charge in [0.25, 0.3) is 0 Å². The van der Waals surface area contributed by atoms with Crippen molar-refractivity contribution in [2.24, 2.45) is 7.05 Å². The van der Waals surface area contributed by atoms with Gasteiger partial charge in [-0.1, -0.05) is 30.3 Å². The van der Waals surface area contributed by atoms with Gasteiger partial charge in [0.1, 0.15) is 0 Å². The van der Waals surface area contributed by atoms with Crippen LogP contribution in [0.1, 0.15) is 40.2 Å². The number of nitrogens with one attached hydrogen (secondary N) is 1. The monoisotopic (exact) mass is 418 g/mol. The summed E-state index contributed by atoms with van der Waals surface area (Å²) in [6, 6.07) is 10.4. The molecule has 4 heterocycles. The fourth-order valence-electron chi connectivity index (χ4n) is 4.93. The SMILES string of the molecule is Cc1nn(C)c(C)c1CN1CCC2(COCc3cnc(NCc4ccccc4)nc32)C1. The molecule has 1 N–H and O–H groups in total. The van der Waals surface area contributed by atoms with Gasteiger partial charge in [0.15, 0.2) is 0 Å². The van der Waals surface area contributed by atoms with E-state index in [0.29, 0.717) is 12.6 Å². The number of benzene rings is 1. The molecule has 1 aromatic carbocycles. The molecule has 1 saturated heterocycles. The summed E-state index contributed by atoms with van der Waals surface area (Å²) in [5.41, 5.74) is 7.13. The summed E-state index contributed by atoms with van der Waals surface area (Å²) in [6.45, 7) is 9.19. The average Bonchev–Trinajstić information content (AvgIpc) is 3.29. The lowest BCUT2D eigenvalue weighted by molar-refractivity contribution is 0.0503. The quantitative estimate of drug-likeness (QED) is 0.687. The maximum absolute atomic E-state index is 6.01. The Hall–Kier alpha value is -2.77. The Labute approximate surface area is 183 Å². The topological polar surface area (TPSA) is 68.1 Å². The fraction of sp³-hybridized carbons (Fsp3) is 0.458. The fourth-order valence-corrected chi connectivity index (χ4v) is 4.93. The molecule has 5 rings (SSSR count).